The zero-order valence-corrected chi connectivity index (χ0v) is 18.6. The summed E-state index contributed by atoms with van der Waals surface area (Å²) in [4.78, 5) is 4.15. The molecule has 0 unspecified atom stereocenters. The van der Waals surface area contributed by atoms with Crippen LogP contribution in [0.15, 0.2) is 30.6 Å². The lowest BCUT2D eigenvalue weighted by atomic mass is 9.83. The van der Waals surface area contributed by atoms with E-state index in [1.807, 2.05) is 12.1 Å². The normalized spacial score (nSPS) is 11.5. The van der Waals surface area contributed by atoms with Gasteiger partial charge in [-0.25, -0.2) is 0 Å². The largest absolute Gasteiger partial charge is 0.507 e. The van der Waals surface area contributed by atoms with Crippen LogP contribution in [0.2, 0.25) is 5.02 Å². The van der Waals surface area contributed by atoms with E-state index in [2.05, 4.69) is 57.9 Å². The van der Waals surface area contributed by atoms with E-state index in [-0.39, 0.29) is 41.5 Å². The third kappa shape index (κ3) is 6.62. The van der Waals surface area contributed by atoms with Gasteiger partial charge in [-0.15, -0.1) is 24.8 Å². The van der Waals surface area contributed by atoms with Crippen LogP contribution in [-0.2, 0) is 12.0 Å². The first kappa shape index (κ1) is 25.0. The van der Waals surface area contributed by atoms with Gasteiger partial charge in [-0.3, -0.25) is 4.98 Å². The smallest absolute Gasteiger partial charge is 0.127 e. The molecule has 2 N–H and O–H groups in total. The van der Waals surface area contributed by atoms with Crippen LogP contribution in [0.5, 0.6) is 5.75 Å². The highest BCUT2D eigenvalue weighted by Crippen LogP contribution is 2.37. The molecule has 0 amide bonds. The van der Waals surface area contributed by atoms with Crippen molar-refractivity contribution in [2.75, 3.05) is 0 Å². The molecule has 0 radical (unpaired) electrons. The van der Waals surface area contributed by atoms with Gasteiger partial charge >= 0.3 is 0 Å². The fraction of sp³-hybridized carbons (Fsp3) is 0.450. The van der Waals surface area contributed by atoms with Crippen molar-refractivity contribution in [3.8, 4) is 16.9 Å². The Kier molecular flexibility index (Phi) is 8.92. The zero-order chi connectivity index (χ0) is 18.1. The molecule has 1 heterocycles. The number of halogens is 3. The first-order valence-corrected chi connectivity index (χ1v) is 8.57. The first-order valence-electron chi connectivity index (χ1n) is 8.20. The predicted octanol–water partition coefficient (Wildman–Crippen LogP) is 6.14. The van der Waals surface area contributed by atoms with Gasteiger partial charge in [-0.2, -0.15) is 0 Å². The Hall–Kier alpha value is -1.000. The van der Waals surface area contributed by atoms with E-state index in [0.717, 1.165) is 16.7 Å². The minimum Gasteiger partial charge on any atom is -0.507 e. The van der Waals surface area contributed by atoms with E-state index >= 15 is 0 Å². The van der Waals surface area contributed by atoms with Gasteiger partial charge < -0.3 is 10.4 Å². The molecule has 0 spiro atoms. The van der Waals surface area contributed by atoms with E-state index in [1.165, 1.54) is 5.56 Å². The molecule has 0 fully saturated rings. The maximum absolute atomic E-state index is 10.8. The fourth-order valence-electron chi connectivity index (χ4n) is 2.40. The van der Waals surface area contributed by atoms with Crippen molar-refractivity contribution in [1.29, 1.82) is 0 Å². The summed E-state index contributed by atoms with van der Waals surface area (Å²) in [7, 11) is 0. The summed E-state index contributed by atoms with van der Waals surface area (Å²) in [6.07, 6.45) is 3.33. The number of phenols is 1. The number of phenolic OH excluding ortho intramolecular Hbond substituents is 1. The molecule has 3 nitrogen and oxygen atoms in total. The highest BCUT2D eigenvalue weighted by molar-refractivity contribution is 6.30. The third-order valence-electron chi connectivity index (χ3n) is 3.88. The molecule has 6 heteroatoms. The summed E-state index contributed by atoms with van der Waals surface area (Å²) in [6.45, 7) is 13.4. The fourth-order valence-corrected chi connectivity index (χ4v) is 2.58. The quantitative estimate of drug-likeness (QED) is 0.628. The second-order valence-corrected chi connectivity index (χ2v) is 8.71. The van der Waals surface area contributed by atoms with Gasteiger partial charge in [-0.1, -0.05) is 38.4 Å². The molecular formula is C20H29Cl3N2O. The van der Waals surface area contributed by atoms with Crippen molar-refractivity contribution in [1.82, 2.24) is 10.3 Å². The number of nitrogens with one attached hydrogen (secondary N) is 1. The van der Waals surface area contributed by atoms with Gasteiger partial charge in [0.2, 0.25) is 0 Å². The second-order valence-electron chi connectivity index (χ2n) is 8.28. The maximum Gasteiger partial charge on any atom is 0.127 e. The van der Waals surface area contributed by atoms with E-state index in [1.54, 1.807) is 12.4 Å². The monoisotopic (exact) mass is 418 g/mol. The number of hydrogen-bond donors (Lipinski definition) is 2. The number of rotatable bonds is 3. The van der Waals surface area contributed by atoms with Gasteiger partial charge in [-0.05, 0) is 43.9 Å². The summed E-state index contributed by atoms with van der Waals surface area (Å²) < 4.78 is 0. The zero-order valence-electron chi connectivity index (χ0n) is 16.2. The number of aromatic hydroxyl groups is 1. The van der Waals surface area contributed by atoms with E-state index in [0.29, 0.717) is 11.6 Å². The Morgan fingerprint density at radius 3 is 2.12 bits per heavy atom. The molecule has 2 aromatic rings. The minimum absolute atomic E-state index is 0. The summed E-state index contributed by atoms with van der Waals surface area (Å²) >= 11 is 6.08. The van der Waals surface area contributed by atoms with Crippen molar-refractivity contribution in [3.63, 3.8) is 0 Å². The Labute approximate surface area is 174 Å². The third-order valence-corrected chi connectivity index (χ3v) is 4.09. The molecule has 26 heavy (non-hydrogen) atoms. The number of aromatic nitrogens is 1. The van der Waals surface area contributed by atoms with E-state index in [9.17, 15) is 5.11 Å². The SMILES string of the molecule is CC(C)(C)NCc1cc(C(C)(C)C)cc(-c2cncc(Cl)c2)c1O.Cl.Cl. The van der Waals surface area contributed by atoms with E-state index in [4.69, 9.17) is 11.6 Å². The molecule has 0 aliphatic carbocycles. The first-order chi connectivity index (χ1) is 11.0. The van der Waals surface area contributed by atoms with Gasteiger partial charge in [0.05, 0.1) is 5.02 Å². The number of benzene rings is 1. The molecule has 2 rings (SSSR count). The predicted molar refractivity (Wildman–Crippen MR) is 116 cm³/mol. The highest BCUT2D eigenvalue weighted by Gasteiger charge is 2.20. The lowest BCUT2D eigenvalue weighted by molar-refractivity contribution is 0.411. The van der Waals surface area contributed by atoms with Crippen LogP contribution in [0, 0.1) is 0 Å². The second kappa shape index (κ2) is 9.27. The highest BCUT2D eigenvalue weighted by atomic mass is 35.5. The molecule has 0 bridgehead atoms. The molecule has 146 valence electrons. The molecular weight excluding hydrogens is 391 g/mol. The van der Waals surface area contributed by atoms with Gasteiger partial charge in [0.15, 0.2) is 0 Å². The maximum atomic E-state index is 10.8. The van der Waals surface area contributed by atoms with Crippen LogP contribution in [0.3, 0.4) is 0 Å². The Bertz CT molecular complexity index is 735. The summed E-state index contributed by atoms with van der Waals surface area (Å²) in [5.74, 6) is 0.281. The lowest BCUT2D eigenvalue weighted by Gasteiger charge is -2.25. The molecule has 0 saturated carbocycles. The standard InChI is InChI=1S/C20H27ClN2O.2ClH/c1-19(2,3)15-7-14(11-23-20(4,5)6)18(24)17(9-15)13-8-16(21)12-22-10-13;;/h7-10,12,23-24H,11H2,1-6H3;2*1H. The Balaban J connectivity index is 0.00000312. The molecule has 0 saturated heterocycles. The Morgan fingerprint density at radius 2 is 1.62 bits per heavy atom. The summed E-state index contributed by atoms with van der Waals surface area (Å²) in [6, 6.07) is 5.94. The van der Waals surface area contributed by atoms with Crippen molar-refractivity contribution in [2.24, 2.45) is 0 Å². The van der Waals surface area contributed by atoms with Crippen molar-refractivity contribution in [2.45, 2.75) is 59.0 Å². The van der Waals surface area contributed by atoms with Crippen LogP contribution in [0.25, 0.3) is 11.1 Å². The average molecular weight is 420 g/mol. The summed E-state index contributed by atoms with van der Waals surface area (Å²) in [5.41, 5.74) is 3.59. The van der Waals surface area contributed by atoms with Crippen LogP contribution in [0.4, 0.5) is 0 Å². The molecule has 1 aromatic heterocycles. The van der Waals surface area contributed by atoms with E-state index < -0.39 is 0 Å². The lowest BCUT2D eigenvalue weighted by Crippen LogP contribution is -2.35. The average Bonchev–Trinajstić information content (AvgIpc) is 2.44. The van der Waals surface area contributed by atoms with Crippen LogP contribution in [-0.4, -0.2) is 15.6 Å². The number of hydrogen-bond acceptors (Lipinski definition) is 3. The van der Waals surface area contributed by atoms with Crippen molar-refractivity contribution in [3.05, 3.63) is 46.7 Å². The van der Waals surface area contributed by atoms with Crippen molar-refractivity contribution < 1.29 is 5.11 Å². The van der Waals surface area contributed by atoms with Gasteiger partial charge in [0, 0.05) is 41.2 Å². The van der Waals surface area contributed by atoms with Gasteiger partial charge in [0.25, 0.3) is 0 Å². The molecule has 0 aliphatic rings. The molecule has 0 atom stereocenters. The number of nitrogens with zero attached hydrogens (tertiary/aromatic N) is 1. The van der Waals surface area contributed by atoms with Crippen LogP contribution < -0.4 is 5.32 Å². The minimum atomic E-state index is -0.0258. The Morgan fingerprint density at radius 1 is 1.00 bits per heavy atom. The molecule has 0 aliphatic heterocycles. The van der Waals surface area contributed by atoms with Gasteiger partial charge in [0.1, 0.15) is 5.75 Å². The topological polar surface area (TPSA) is 45.2 Å². The van der Waals surface area contributed by atoms with Crippen LogP contribution >= 0.6 is 36.4 Å². The molecule has 1 aromatic carbocycles. The van der Waals surface area contributed by atoms with Crippen LogP contribution in [0.1, 0.15) is 52.7 Å². The summed E-state index contributed by atoms with van der Waals surface area (Å²) in [5, 5.41) is 14.8. The van der Waals surface area contributed by atoms with Crippen molar-refractivity contribution >= 4 is 36.4 Å². The number of pyridine rings is 1.